The van der Waals surface area contributed by atoms with Crippen molar-refractivity contribution in [3.05, 3.63) is 23.9 Å². The topological polar surface area (TPSA) is 64.4 Å². The van der Waals surface area contributed by atoms with E-state index in [4.69, 9.17) is 4.74 Å². The molecule has 2 rings (SSSR count). The Balaban J connectivity index is 2.30. The number of carbonyl (C=O) groups excluding carboxylic acids is 2. The van der Waals surface area contributed by atoms with Crippen LogP contribution in [0, 0.1) is 11.3 Å². The van der Waals surface area contributed by atoms with Crippen molar-refractivity contribution in [2.45, 2.75) is 73.8 Å². The molecule has 0 aliphatic carbocycles. The number of methoxy groups -OCH3 is 1. The molecule has 0 radical (unpaired) electrons. The van der Waals surface area contributed by atoms with Crippen LogP contribution >= 0.6 is 0 Å². The number of aromatic nitrogens is 2. The summed E-state index contributed by atoms with van der Waals surface area (Å²) in [5, 5.41) is 5.35. The van der Waals surface area contributed by atoms with Gasteiger partial charge in [-0.3, -0.25) is 14.3 Å². The standard InChI is InChI=1S/C25H39N3O3/c1-8-10-11-12-18(3)16-27(9-2)22(29)17-28-21-15-19(31-7)13-14-20(21)23(26-28)24(30)25(4,5)6/h13-15,18H,8-12,16-17H2,1-7H3. The van der Waals surface area contributed by atoms with E-state index in [1.54, 1.807) is 11.8 Å². The van der Waals surface area contributed by atoms with Gasteiger partial charge in [0.15, 0.2) is 5.78 Å². The zero-order chi connectivity index (χ0) is 23.2. The first-order valence-electron chi connectivity index (χ1n) is 11.5. The number of ketones is 1. The quantitative estimate of drug-likeness (QED) is 0.357. The Labute approximate surface area is 186 Å². The maximum Gasteiger partial charge on any atom is 0.244 e. The van der Waals surface area contributed by atoms with Gasteiger partial charge in [-0.1, -0.05) is 53.9 Å². The summed E-state index contributed by atoms with van der Waals surface area (Å²) in [7, 11) is 1.60. The summed E-state index contributed by atoms with van der Waals surface area (Å²) in [6.07, 6.45) is 4.76. The van der Waals surface area contributed by atoms with Crippen LogP contribution in [0.2, 0.25) is 0 Å². The third-order valence-corrected chi connectivity index (χ3v) is 5.71. The molecule has 2 aromatic rings. The minimum absolute atomic E-state index is 0.0202. The Bertz CT molecular complexity index is 895. The lowest BCUT2D eigenvalue weighted by Gasteiger charge is -2.25. The van der Waals surface area contributed by atoms with Gasteiger partial charge in [0.05, 0.1) is 12.6 Å². The molecule has 0 saturated heterocycles. The minimum atomic E-state index is -0.556. The molecule has 1 heterocycles. The Kier molecular flexibility index (Phi) is 8.66. The van der Waals surface area contributed by atoms with E-state index in [9.17, 15) is 9.59 Å². The number of hydrogen-bond acceptors (Lipinski definition) is 4. The Morgan fingerprint density at radius 2 is 1.90 bits per heavy atom. The molecule has 0 fully saturated rings. The summed E-state index contributed by atoms with van der Waals surface area (Å²) in [6.45, 7) is 13.6. The number of nitrogens with zero attached hydrogens (tertiary/aromatic N) is 3. The van der Waals surface area contributed by atoms with Gasteiger partial charge in [0.25, 0.3) is 0 Å². The number of rotatable bonds is 11. The normalized spacial score (nSPS) is 12.7. The van der Waals surface area contributed by atoms with Gasteiger partial charge in [-0.05, 0) is 31.4 Å². The van der Waals surface area contributed by atoms with Crippen molar-refractivity contribution in [3.63, 3.8) is 0 Å². The van der Waals surface area contributed by atoms with Crippen LogP contribution in [0.25, 0.3) is 10.9 Å². The van der Waals surface area contributed by atoms with Crippen LogP contribution < -0.4 is 4.74 Å². The molecule has 6 heteroatoms. The molecule has 0 N–H and O–H groups in total. The maximum absolute atomic E-state index is 13.1. The Morgan fingerprint density at radius 3 is 2.48 bits per heavy atom. The van der Waals surface area contributed by atoms with Gasteiger partial charge in [-0.2, -0.15) is 5.10 Å². The largest absolute Gasteiger partial charge is 0.497 e. The summed E-state index contributed by atoms with van der Waals surface area (Å²) < 4.78 is 7.02. The fraction of sp³-hybridized carbons (Fsp3) is 0.640. The molecule has 0 aliphatic rings. The highest BCUT2D eigenvalue weighted by Crippen LogP contribution is 2.29. The first-order valence-corrected chi connectivity index (χ1v) is 11.5. The Hall–Kier alpha value is -2.37. The molecule has 0 aliphatic heterocycles. The van der Waals surface area contributed by atoms with Crippen LogP contribution in [-0.2, 0) is 11.3 Å². The van der Waals surface area contributed by atoms with Crippen molar-refractivity contribution < 1.29 is 14.3 Å². The fourth-order valence-electron chi connectivity index (χ4n) is 3.77. The lowest BCUT2D eigenvalue weighted by molar-refractivity contribution is -0.132. The molecule has 0 spiro atoms. The highest BCUT2D eigenvalue weighted by atomic mass is 16.5. The van der Waals surface area contributed by atoms with Crippen LogP contribution in [0.1, 0.15) is 77.7 Å². The minimum Gasteiger partial charge on any atom is -0.497 e. The first-order chi connectivity index (χ1) is 14.6. The van der Waals surface area contributed by atoms with Crippen molar-refractivity contribution in [2.24, 2.45) is 11.3 Å². The molecule has 1 atom stereocenters. The SMILES string of the molecule is CCCCCC(C)CN(CC)C(=O)Cn1nc(C(=O)C(C)(C)C)c2ccc(OC)cc21. The monoisotopic (exact) mass is 429 g/mol. The average molecular weight is 430 g/mol. The van der Waals surface area contributed by atoms with Crippen molar-refractivity contribution in [3.8, 4) is 5.75 Å². The van der Waals surface area contributed by atoms with E-state index < -0.39 is 5.41 Å². The molecule has 0 saturated carbocycles. The number of benzene rings is 1. The van der Waals surface area contributed by atoms with Crippen LogP contribution in [-0.4, -0.2) is 46.6 Å². The summed E-state index contributed by atoms with van der Waals surface area (Å²) >= 11 is 0. The second kappa shape index (κ2) is 10.8. The van der Waals surface area contributed by atoms with Gasteiger partial charge in [-0.15, -0.1) is 0 Å². The van der Waals surface area contributed by atoms with E-state index >= 15 is 0 Å². The fourth-order valence-corrected chi connectivity index (χ4v) is 3.77. The smallest absolute Gasteiger partial charge is 0.244 e. The van der Waals surface area contributed by atoms with E-state index in [1.165, 1.54) is 19.3 Å². The van der Waals surface area contributed by atoms with Crippen molar-refractivity contribution in [1.29, 1.82) is 0 Å². The van der Waals surface area contributed by atoms with Gasteiger partial charge < -0.3 is 9.64 Å². The van der Waals surface area contributed by atoms with Crippen molar-refractivity contribution in [1.82, 2.24) is 14.7 Å². The number of amides is 1. The maximum atomic E-state index is 13.1. The zero-order valence-corrected chi connectivity index (χ0v) is 20.3. The number of ether oxygens (including phenoxy) is 1. The molecular formula is C25H39N3O3. The van der Waals surface area contributed by atoms with E-state index in [-0.39, 0.29) is 18.2 Å². The summed E-state index contributed by atoms with van der Waals surface area (Å²) in [5.74, 6) is 1.12. The number of carbonyl (C=O) groups is 2. The van der Waals surface area contributed by atoms with E-state index in [2.05, 4.69) is 18.9 Å². The summed E-state index contributed by atoms with van der Waals surface area (Å²) in [4.78, 5) is 28.0. The predicted molar refractivity (Wildman–Crippen MR) is 126 cm³/mol. The Morgan fingerprint density at radius 1 is 1.19 bits per heavy atom. The number of hydrogen-bond donors (Lipinski definition) is 0. The van der Waals surface area contributed by atoms with Gasteiger partial charge in [0.2, 0.25) is 5.91 Å². The third-order valence-electron chi connectivity index (χ3n) is 5.71. The molecule has 1 amide bonds. The van der Waals surface area contributed by atoms with E-state index in [0.29, 0.717) is 23.9 Å². The highest BCUT2D eigenvalue weighted by Gasteiger charge is 2.29. The van der Waals surface area contributed by atoms with Crippen molar-refractivity contribution in [2.75, 3.05) is 20.2 Å². The average Bonchev–Trinajstić information content (AvgIpc) is 3.08. The number of unbranched alkanes of at least 4 members (excludes halogenated alkanes) is 2. The molecule has 1 unspecified atom stereocenters. The molecule has 1 aromatic carbocycles. The second-order valence-electron chi connectivity index (χ2n) is 9.50. The molecule has 172 valence electrons. The van der Waals surface area contributed by atoms with Gasteiger partial charge in [0, 0.05) is 30.0 Å². The summed E-state index contributed by atoms with van der Waals surface area (Å²) in [5.41, 5.74) is 0.598. The third kappa shape index (κ3) is 6.31. The molecule has 1 aromatic heterocycles. The lowest BCUT2D eigenvalue weighted by Crippen LogP contribution is -2.37. The lowest BCUT2D eigenvalue weighted by atomic mass is 9.88. The highest BCUT2D eigenvalue weighted by molar-refractivity contribution is 6.08. The van der Waals surface area contributed by atoms with Gasteiger partial charge in [-0.25, -0.2) is 0 Å². The number of likely N-dealkylation sites (N-methyl/N-ethyl adjacent to an activating group) is 1. The number of Topliss-reactive ketones (excluding diaryl/α,β-unsaturated/α-hetero) is 1. The van der Waals surface area contributed by atoms with Gasteiger partial charge in [0.1, 0.15) is 18.0 Å². The van der Waals surface area contributed by atoms with Gasteiger partial charge >= 0.3 is 0 Å². The molecule has 31 heavy (non-hydrogen) atoms. The van der Waals surface area contributed by atoms with Crippen LogP contribution in [0.3, 0.4) is 0 Å². The molecular weight excluding hydrogens is 390 g/mol. The predicted octanol–water partition coefficient (Wildman–Crippen LogP) is 5.34. The second-order valence-corrected chi connectivity index (χ2v) is 9.50. The van der Waals surface area contributed by atoms with Crippen LogP contribution in [0.15, 0.2) is 18.2 Å². The zero-order valence-electron chi connectivity index (χ0n) is 20.3. The first kappa shape index (κ1) is 24.9. The molecule has 6 nitrogen and oxygen atoms in total. The van der Waals surface area contributed by atoms with E-state index in [0.717, 1.165) is 23.9 Å². The van der Waals surface area contributed by atoms with E-state index in [1.807, 2.05) is 50.8 Å². The summed E-state index contributed by atoms with van der Waals surface area (Å²) in [6, 6.07) is 5.53. The van der Waals surface area contributed by atoms with Crippen LogP contribution in [0.4, 0.5) is 0 Å². The van der Waals surface area contributed by atoms with Crippen molar-refractivity contribution >= 4 is 22.6 Å². The van der Waals surface area contributed by atoms with Crippen LogP contribution in [0.5, 0.6) is 5.75 Å². The molecule has 0 bridgehead atoms. The number of fused-ring (bicyclic) bond motifs is 1.